The fraction of sp³-hybridized carbons (Fsp3) is 0. The van der Waals surface area contributed by atoms with E-state index >= 15 is 0 Å². The average molecular weight is 356 g/mol. The van der Waals surface area contributed by atoms with Crippen molar-refractivity contribution in [1.29, 1.82) is 0 Å². The molecule has 0 radical (unpaired) electrons. The lowest BCUT2D eigenvalue weighted by atomic mass is 10.2. The molecule has 1 aromatic heterocycles. The van der Waals surface area contributed by atoms with Crippen LogP contribution in [0.5, 0.6) is 5.75 Å². The molecule has 1 aromatic carbocycles. The van der Waals surface area contributed by atoms with Crippen molar-refractivity contribution in [3.63, 3.8) is 0 Å². The van der Waals surface area contributed by atoms with Crippen molar-refractivity contribution in [3.05, 3.63) is 51.0 Å². The van der Waals surface area contributed by atoms with Crippen molar-refractivity contribution in [2.24, 2.45) is 4.99 Å². The molecule has 0 unspecified atom stereocenters. The van der Waals surface area contributed by atoms with Crippen LogP contribution in [0.25, 0.3) is 0 Å². The molecule has 0 fully saturated rings. The molecule has 0 saturated heterocycles. The zero-order chi connectivity index (χ0) is 12.3. The number of nitrogens with zero attached hydrogens (tertiary/aromatic N) is 2. The number of benzene rings is 1. The Kier molecular flexibility index (Phi) is 3.91. The Labute approximate surface area is 115 Å². The van der Waals surface area contributed by atoms with Crippen molar-refractivity contribution < 1.29 is 5.11 Å². The summed E-state index contributed by atoms with van der Waals surface area (Å²) in [5, 5.41) is 9.57. The van der Waals surface area contributed by atoms with Gasteiger partial charge in [0, 0.05) is 22.4 Å². The van der Waals surface area contributed by atoms with Gasteiger partial charge in [-0.25, -0.2) is 9.98 Å². The molecule has 3 nitrogen and oxygen atoms in total. The van der Waals surface area contributed by atoms with Gasteiger partial charge in [-0.05, 0) is 50.1 Å². The van der Waals surface area contributed by atoms with Crippen LogP contribution in [0.1, 0.15) is 5.56 Å². The van der Waals surface area contributed by atoms with Crippen LogP contribution in [-0.2, 0) is 0 Å². The monoisotopic (exact) mass is 354 g/mol. The number of aromatic hydroxyl groups is 1. The largest absolute Gasteiger partial charge is 0.507 e. The molecule has 0 aliphatic rings. The number of rotatable bonds is 2. The predicted octanol–water partition coefficient (Wildman–Crippen LogP) is 4.06. The first-order valence-corrected chi connectivity index (χ1v) is 6.38. The van der Waals surface area contributed by atoms with Gasteiger partial charge in [0.25, 0.3) is 0 Å². The Balaban J connectivity index is 2.29. The fourth-order valence-corrected chi connectivity index (χ4v) is 2.32. The first-order valence-electron chi connectivity index (χ1n) is 4.80. The number of hydrogen-bond acceptors (Lipinski definition) is 3. The highest BCUT2D eigenvalue weighted by Gasteiger charge is 2.00. The molecule has 0 aliphatic carbocycles. The summed E-state index contributed by atoms with van der Waals surface area (Å²) < 4.78 is 1.67. The minimum Gasteiger partial charge on any atom is -0.507 e. The number of para-hydroxylation sites is 1. The van der Waals surface area contributed by atoms with Crippen LogP contribution in [0.4, 0.5) is 5.82 Å². The lowest BCUT2D eigenvalue weighted by Gasteiger charge is -1.99. The molecule has 17 heavy (non-hydrogen) atoms. The third-order valence-corrected chi connectivity index (χ3v) is 3.07. The van der Waals surface area contributed by atoms with Gasteiger partial charge in [-0.3, -0.25) is 0 Å². The molecule has 0 spiro atoms. The van der Waals surface area contributed by atoms with Crippen molar-refractivity contribution in [1.82, 2.24) is 4.98 Å². The van der Waals surface area contributed by atoms with E-state index in [1.54, 1.807) is 30.6 Å². The molecular weight excluding hydrogens is 348 g/mol. The van der Waals surface area contributed by atoms with Crippen molar-refractivity contribution in [3.8, 4) is 5.75 Å². The summed E-state index contributed by atoms with van der Waals surface area (Å²) in [7, 11) is 0. The molecule has 5 heteroatoms. The fourth-order valence-electron chi connectivity index (χ4n) is 1.23. The zero-order valence-electron chi connectivity index (χ0n) is 8.64. The molecule has 1 heterocycles. The van der Waals surface area contributed by atoms with Gasteiger partial charge in [0.2, 0.25) is 0 Å². The Morgan fingerprint density at radius 2 is 2.00 bits per heavy atom. The molecule has 0 saturated carbocycles. The first kappa shape index (κ1) is 12.3. The van der Waals surface area contributed by atoms with E-state index in [1.165, 1.54) is 0 Å². The smallest absolute Gasteiger partial charge is 0.166 e. The van der Waals surface area contributed by atoms with Crippen LogP contribution in [0, 0.1) is 0 Å². The average Bonchev–Trinajstić information content (AvgIpc) is 2.30. The van der Waals surface area contributed by atoms with Crippen molar-refractivity contribution in [2.75, 3.05) is 0 Å². The van der Waals surface area contributed by atoms with Gasteiger partial charge >= 0.3 is 0 Å². The summed E-state index contributed by atoms with van der Waals surface area (Å²) in [5.74, 6) is 0.765. The third kappa shape index (κ3) is 3.14. The van der Waals surface area contributed by atoms with Gasteiger partial charge in [0.15, 0.2) is 5.82 Å². The second kappa shape index (κ2) is 5.42. The standard InChI is InChI=1S/C12H8Br2N2O/c13-9-5-10(14)12(16-7-9)15-6-8-3-1-2-4-11(8)17/h1-7,17H. The summed E-state index contributed by atoms with van der Waals surface area (Å²) in [5.41, 5.74) is 0.657. The van der Waals surface area contributed by atoms with E-state index in [2.05, 4.69) is 41.8 Å². The predicted molar refractivity (Wildman–Crippen MR) is 75.0 cm³/mol. The van der Waals surface area contributed by atoms with Crippen LogP contribution in [0.3, 0.4) is 0 Å². The van der Waals surface area contributed by atoms with Crippen molar-refractivity contribution in [2.45, 2.75) is 0 Å². The minimum atomic E-state index is 0.199. The molecule has 0 aliphatic heterocycles. The van der Waals surface area contributed by atoms with Gasteiger partial charge in [-0.2, -0.15) is 0 Å². The molecular formula is C12H8Br2N2O. The molecule has 2 rings (SSSR count). The number of phenols is 1. The van der Waals surface area contributed by atoms with Crippen molar-refractivity contribution >= 4 is 43.9 Å². The van der Waals surface area contributed by atoms with E-state index in [4.69, 9.17) is 0 Å². The van der Waals surface area contributed by atoms with Crippen LogP contribution >= 0.6 is 31.9 Å². The Bertz CT molecular complexity index is 570. The van der Waals surface area contributed by atoms with E-state index in [1.807, 2.05) is 12.1 Å². The SMILES string of the molecule is Oc1ccccc1C=Nc1ncc(Br)cc1Br. The van der Waals surface area contributed by atoms with Crippen LogP contribution in [0.15, 0.2) is 50.5 Å². The highest BCUT2D eigenvalue weighted by Crippen LogP contribution is 2.26. The van der Waals surface area contributed by atoms with E-state index in [-0.39, 0.29) is 5.75 Å². The highest BCUT2D eigenvalue weighted by atomic mass is 79.9. The summed E-state index contributed by atoms with van der Waals surface area (Å²) in [6, 6.07) is 8.87. The maximum atomic E-state index is 9.57. The lowest BCUT2D eigenvalue weighted by molar-refractivity contribution is 0.474. The Morgan fingerprint density at radius 3 is 2.71 bits per heavy atom. The number of pyridine rings is 1. The van der Waals surface area contributed by atoms with Gasteiger partial charge in [-0.15, -0.1) is 0 Å². The van der Waals surface area contributed by atoms with Gasteiger partial charge in [0.1, 0.15) is 5.75 Å². The molecule has 0 bridgehead atoms. The number of phenolic OH excluding ortho intramolecular Hbond substituents is 1. The zero-order valence-corrected chi connectivity index (χ0v) is 11.8. The van der Waals surface area contributed by atoms with Gasteiger partial charge in [0.05, 0.1) is 4.47 Å². The maximum Gasteiger partial charge on any atom is 0.166 e. The third-order valence-electron chi connectivity index (χ3n) is 2.05. The number of aromatic nitrogens is 1. The van der Waals surface area contributed by atoms with E-state index < -0.39 is 0 Å². The van der Waals surface area contributed by atoms with Crippen LogP contribution in [0.2, 0.25) is 0 Å². The Morgan fingerprint density at radius 1 is 1.24 bits per heavy atom. The topological polar surface area (TPSA) is 45.5 Å². The molecule has 86 valence electrons. The molecule has 1 N–H and O–H groups in total. The van der Waals surface area contributed by atoms with Gasteiger partial charge in [-0.1, -0.05) is 12.1 Å². The first-order chi connectivity index (χ1) is 8.16. The number of hydrogen-bond donors (Lipinski definition) is 1. The molecule has 0 amide bonds. The summed E-state index contributed by atoms with van der Waals surface area (Å²) >= 11 is 6.69. The van der Waals surface area contributed by atoms with E-state index in [0.717, 1.165) is 8.95 Å². The van der Waals surface area contributed by atoms with E-state index in [0.29, 0.717) is 11.4 Å². The lowest BCUT2D eigenvalue weighted by Crippen LogP contribution is -1.83. The summed E-state index contributed by atoms with van der Waals surface area (Å²) in [6.07, 6.45) is 3.25. The van der Waals surface area contributed by atoms with Crippen LogP contribution in [-0.4, -0.2) is 16.3 Å². The maximum absolute atomic E-state index is 9.57. The normalized spacial score (nSPS) is 10.9. The quantitative estimate of drug-likeness (QED) is 0.825. The summed E-state index contributed by atoms with van der Waals surface area (Å²) in [6.45, 7) is 0. The number of halogens is 2. The minimum absolute atomic E-state index is 0.199. The van der Waals surface area contributed by atoms with Crippen LogP contribution < -0.4 is 0 Å². The molecule has 2 aromatic rings. The second-order valence-corrected chi connectivity index (χ2v) is 5.05. The van der Waals surface area contributed by atoms with Gasteiger partial charge < -0.3 is 5.11 Å². The Hall–Kier alpha value is -1.20. The second-order valence-electron chi connectivity index (χ2n) is 3.28. The molecule has 0 atom stereocenters. The highest BCUT2D eigenvalue weighted by molar-refractivity contribution is 9.11. The summed E-state index contributed by atoms with van der Waals surface area (Å²) in [4.78, 5) is 8.36. The number of aliphatic imine (C=N–C) groups is 1. The van der Waals surface area contributed by atoms with E-state index in [9.17, 15) is 5.11 Å².